The molecule has 1 heterocycles. The van der Waals surface area contributed by atoms with Crippen LogP contribution in [0.5, 0.6) is 0 Å². The van der Waals surface area contributed by atoms with E-state index in [2.05, 4.69) is 15.9 Å². The number of halogens is 3. The summed E-state index contributed by atoms with van der Waals surface area (Å²) >= 11 is 8.91. The minimum atomic E-state index is -3.82. The van der Waals surface area contributed by atoms with Crippen molar-refractivity contribution >= 4 is 49.1 Å². The predicted octanol–water partition coefficient (Wildman–Crippen LogP) is 1.64. The van der Waals surface area contributed by atoms with Crippen LogP contribution in [0.2, 0.25) is 5.02 Å². The summed E-state index contributed by atoms with van der Waals surface area (Å²) in [5.41, 5.74) is 0.138. The smallest absolute Gasteiger partial charge is 0.228 e. The summed E-state index contributed by atoms with van der Waals surface area (Å²) < 4.78 is 36.1. The number of primary sulfonamides is 1. The molecule has 0 aromatic heterocycles. The highest BCUT2D eigenvalue weighted by Crippen LogP contribution is 2.34. The summed E-state index contributed by atoms with van der Waals surface area (Å²) in [5, 5.41) is 4.17. The molecule has 5 nitrogen and oxygen atoms in total. The van der Waals surface area contributed by atoms with E-state index in [1.54, 1.807) is 0 Å². The van der Waals surface area contributed by atoms with Crippen LogP contribution in [0.1, 0.15) is 6.42 Å². The second-order valence-corrected chi connectivity index (χ2v) is 7.24. The number of benzene rings is 1. The quantitative estimate of drug-likeness (QED) is 0.803. The van der Waals surface area contributed by atoms with Crippen LogP contribution in [0.3, 0.4) is 0 Å². The topological polar surface area (TPSA) is 80.5 Å². The van der Waals surface area contributed by atoms with Crippen LogP contribution in [0, 0.1) is 5.82 Å². The van der Waals surface area contributed by atoms with Gasteiger partial charge in [0.1, 0.15) is 11.1 Å². The van der Waals surface area contributed by atoms with Crippen LogP contribution in [-0.2, 0) is 14.8 Å². The maximum Gasteiger partial charge on any atom is 0.228 e. The van der Waals surface area contributed by atoms with Crippen molar-refractivity contribution in [3.8, 4) is 0 Å². The largest absolute Gasteiger partial charge is 0.309 e. The number of hydrogen-bond donors (Lipinski definition) is 1. The summed E-state index contributed by atoms with van der Waals surface area (Å²) in [6.45, 7) is -0.127. The van der Waals surface area contributed by atoms with E-state index < -0.39 is 27.0 Å². The van der Waals surface area contributed by atoms with E-state index in [1.165, 1.54) is 6.07 Å². The minimum absolute atomic E-state index is 0.127. The third-order valence-corrected chi connectivity index (χ3v) is 4.99. The fraction of sp³-hybridized carbons (Fsp3) is 0.300. The Hall–Kier alpha value is -0.700. The zero-order valence-electron chi connectivity index (χ0n) is 9.44. The molecule has 1 aliphatic rings. The lowest BCUT2D eigenvalue weighted by Crippen LogP contribution is -2.32. The van der Waals surface area contributed by atoms with Crippen molar-refractivity contribution < 1.29 is 17.6 Å². The Bertz CT molecular complexity index is 652. The number of nitrogens with zero attached hydrogens (tertiary/aromatic N) is 1. The second-order valence-electron chi connectivity index (χ2n) is 4.14. The summed E-state index contributed by atoms with van der Waals surface area (Å²) in [5.74, 6) is -1.05. The molecule has 2 N–H and O–H groups in total. The van der Waals surface area contributed by atoms with E-state index in [-0.39, 0.29) is 28.1 Å². The van der Waals surface area contributed by atoms with E-state index in [9.17, 15) is 17.6 Å². The molecular weight excluding hydrogens is 363 g/mol. The molecule has 1 atom stereocenters. The minimum Gasteiger partial charge on any atom is -0.309 e. The van der Waals surface area contributed by atoms with Gasteiger partial charge >= 0.3 is 0 Å². The van der Waals surface area contributed by atoms with Gasteiger partial charge in [0.05, 0.1) is 15.2 Å². The van der Waals surface area contributed by atoms with Crippen molar-refractivity contribution in [2.45, 2.75) is 11.7 Å². The standard InChI is InChI=1S/C10H9BrClFN2O3S/c11-6-2-7(12)9(3-8(6)13)15-4-5(1-10(15)16)19(14,17)18/h2-3,5H,1,4H2,(H2,14,17,18). The van der Waals surface area contributed by atoms with Crippen LogP contribution in [-0.4, -0.2) is 26.1 Å². The number of rotatable bonds is 2. The average Bonchev–Trinajstić information content (AvgIpc) is 2.65. The molecule has 0 saturated carbocycles. The molecule has 0 radical (unpaired) electrons. The third-order valence-electron chi connectivity index (χ3n) is 2.83. The SMILES string of the molecule is NS(=O)(=O)C1CC(=O)N(c2cc(F)c(Br)cc2Cl)C1. The van der Waals surface area contributed by atoms with Gasteiger partial charge in [0, 0.05) is 19.0 Å². The Balaban J connectivity index is 2.39. The first-order chi connectivity index (χ1) is 8.70. The maximum absolute atomic E-state index is 13.5. The molecule has 9 heteroatoms. The fourth-order valence-corrected chi connectivity index (χ4v) is 3.32. The van der Waals surface area contributed by atoms with E-state index in [0.29, 0.717) is 0 Å². The number of hydrogen-bond acceptors (Lipinski definition) is 3. The number of anilines is 1. The molecule has 1 amide bonds. The van der Waals surface area contributed by atoms with Gasteiger partial charge in [0.2, 0.25) is 15.9 Å². The molecule has 104 valence electrons. The van der Waals surface area contributed by atoms with Gasteiger partial charge in [-0.3, -0.25) is 4.79 Å². The van der Waals surface area contributed by atoms with Gasteiger partial charge in [0.25, 0.3) is 0 Å². The highest BCUT2D eigenvalue weighted by Gasteiger charge is 2.38. The Morgan fingerprint density at radius 1 is 1.47 bits per heavy atom. The van der Waals surface area contributed by atoms with Crippen molar-refractivity contribution in [1.82, 2.24) is 0 Å². The summed E-state index contributed by atoms with van der Waals surface area (Å²) in [6, 6.07) is 2.39. The van der Waals surface area contributed by atoms with E-state index in [1.807, 2.05) is 0 Å². The molecule has 0 bridgehead atoms. The summed E-state index contributed by atoms with van der Waals surface area (Å²) in [4.78, 5) is 12.9. The molecule has 1 aromatic carbocycles. The van der Waals surface area contributed by atoms with Crippen LogP contribution in [0.25, 0.3) is 0 Å². The number of amides is 1. The first-order valence-electron chi connectivity index (χ1n) is 5.16. The molecule has 1 aromatic rings. The van der Waals surface area contributed by atoms with Gasteiger partial charge in [-0.05, 0) is 22.0 Å². The monoisotopic (exact) mass is 370 g/mol. The summed E-state index contributed by atoms with van der Waals surface area (Å²) in [6.07, 6.45) is -0.229. The number of carbonyl (C=O) groups is 1. The van der Waals surface area contributed by atoms with E-state index >= 15 is 0 Å². The lowest BCUT2D eigenvalue weighted by atomic mass is 10.3. The molecule has 0 spiro atoms. The van der Waals surface area contributed by atoms with E-state index in [0.717, 1.165) is 11.0 Å². The van der Waals surface area contributed by atoms with Crippen molar-refractivity contribution in [1.29, 1.82) is 0 Å². The first-order valence-corrected chi connectivity index (χ1v) is 7.94. The number of carbonyl (C=O) groups excluding carboxylic acids is 1. The van der Waals surface area contributed by atoms with Crippen LogP contribution in [0.4, 0.5) is 10.1 Å². The first kappa shape index (κ1) is 14.7. The molecule has 2 rings (SSSR count). The predicted molar refractivity (Wildman–Crippen MR) is 73.0 cm³/mol. The zero-order chi connectivity index (χ0) is 14.4. The van der Waals surface area contributed by atoms with Gasteiger partial charge in [-0.15, -0.1) is 0 Å². The van der Waals surface area contributed by atoms with Crippen LogP contribution >= 0.6 is 27.5 Å². The van der Waals surface area contributed by atoms with Gasteiger partial charge in [-0.2, -0.15) is 0 Å². The molecule has 19 heavy (non-hydrogen) atoms. The Morgan fingerprint density at radius 2 is 2.11 bits per heavy atom. The molecule has 1 fully saturated rings. The van der Waals surface area contributed by atoms with Gasteiger partial charge in [-0.1, -0.05) is 11.6 Å². The van der Waals surface area contributed by atoms with Crippen LogP contribution in [0.15, 0.2) is 16.6 Å². The molecule has 1 aliphatic heterocycles. The molecule has 1 unspecified atom stereocenters. The average molecular weight is 372 g/mol. The van der Waals surface area contributed by atoms with Gasteiger partial charge in [0.15, 0.2) is 0 Å². The highest BCUT2D eigenvalue weighted by molar-refractivity contribution is 9.10. The highest BCUT2D eigenvalue weighted by atomic mass is 79.9. The third kappa shape index (κ3) is 2.91. The van der Waals surface area contributed by atoms with Gasteiger partial charge < -0.3 is 4.90 Å². The van der Waals surface area contributed by atoms with Crippen molar-refractivity contribution in [3.05, 3.63) is 27.4 Å². The second kappa shape index (κ2) is 5.01. The van der Waals surface area contributed by atoms with Gasteiger partial charge in [-0.25, -0.2) is 17.9 Å². The van der Waals surface area contributed by atoms with Crippen molar-refractivity contribution in [3.63, 3.8) is 0 Å². The van der Waals surface area contributed by atoms with Crippen molar-refractivity contribution in [2.75, 3.05) is 11.4 Å². The lowest BCUT2D eigenvalue weighted by molar-refractivity contribution is -0.117. The molecular formula is C10H9BrClFN2O3S. The summed E-state index contributed by atoms with van der Waals surface area (Å²) in [7, 11) is -3.82. The molecule has 1 saturated heterocycles. The zero-order valence-corrected chi connectivity index (χ0v) is 12.6. The van der Waals surface area contributed by atoms with E-state index in [4.69, 9.17) is 16.7 Å². The Morgan fingerprint density at radius 3 is 2.63 bits per heavy atom. The maximum atomic E-state index is 13.5. The van der Waals surface area contributed by atoms with Crippen LogP contribution < -0.4 is 10.0 Å². The lowest BCUT2D eigenvalue weighted by Gasteiger charge is -2.18. The normalized spacial score (nSPS) is 20.1. The number of nitrogens with two attached hydrogens (primary N) is 1. The van der Waals surface area contributed by atoms with Crippen molar-refractivity contribution in [2.24, 2.45) is 5.14 Å². The Kier molecular flexibility index (Phi) is 3.87. The fourth-order valence-electron chi connectivity index (χ4n) is 1.85. The number of sulfonamides is 1. The Labute approximate surface area is 122 Å². The molecule has 0 aliphatic carbocycles.